The van der Waals surface area contributed by atoms with Crippen LogP contribution >= 0.6 is 0 Å². The fraction of sp³-hybridized carbons (Fsp3) is 0.179. The molecule has 0 bridgehead atoms. The number of aromatic nitrogens is 1. The second-order valence-corrected chi connectivity index (χ2v) is 38.1. The summed E-state index contributed by atoms with van der Waals surface area (Å²) in [7, 11) is 0. The number of hydrogen-bond donors (Lipinski definition) is 0. The van der Waals surface area contributed by atoms with Crippen LogP contribution in [0.5, 0.6) is 0 Å². The number of anilines is 6. The van der Waals surface area contributed by atoms with Crippen LogP contribution < -0.4 is 26.2 Å². The summed E-state index contributed by atoms with van der Waals surface area (Å²) in [5.41, 5.74) is 35.8. The summed E-state index contributed by atoms with van der Waals surface area (Å²) in [6.07, 6.45) is 0. The summed E-state index contributed by atoms with van der Waals surface area (Å²) in [6.45, 7) is 35.5. The Labute approximate surface area is 685 Å². The van der Waals surface area contributed by atoms with Crippen molar-refractivity contribution in [2.24, 2.45) is 0 Å². The number of rotatable bonds is 10. The first-order valence-corrected chi connectivity index (χ1v) is 41.6. The molecule has 0 saturated carbocycles. The van der Waals surface area contributed by atoms with Gasteiger partial charge in [-0.1, -0.05) is 347 Å². The Balaban J connectivity index is 0.973. The van der Waals surface area contributed by atoms with Gasteiger partial charge in [-0.3, -0.25) is 0 Å². The lowest BCUT2D eigenvalue weighted by atomic mass is 9.33. The van der Waals surface area contributed by atoms with E-state index in [0.29, 0.717) is 0 Å². The first-order chi connectivity index (χ1) is 55.7. The van der Waals surface area contributed by atoms with E-state index < -0.39 is 0 Å². The minimum absolute atomic E-state index is 0.116. The molecule has 0 radical (unpaired) electrons. The summed E-state index contributed by atoms with van der Waals surface area (Å²) in [5.74, 6) is 0. The average Bonchev–Trinajstić information content (AvgIpc) is 0.733. The van der Waals surface area contributed by atoms with Gasteiger partial charge in [0.2, 0.25) is 0 Å². The molecule has 0 N–H and O–H groups in total. The molecular formula is C112H98BN3. The molecule has 17 aromatic carbocycles. The number of fused-ring (bicyclic) bond motifs is 5. The Hall–Kier alpha value is -12.5. The van der Waals surface area contributed by atoms with Crippen molar-refractivity contribution >= 4 is 111 Å². The van der Waals surface area contributed by atoms with Gasteiger partial charge in [0.15, 0.2) is 0 Å². The van der Waals surface area contributed by atoms with Gasteiger partial charge in [-0.15, -0.1) is 0 Å². The van der Waals surface area contributed by atoms with Crippen LogP contribution in [-0.2, 0) is 27.1 Å². The standard InChI is InChI=1S/C112H98BN3/c1-108(2,3)81-58-80(59-82(61-81)109(4,5)6)77-48-52-93-97(60-77)115(106-89(71-36-24-18-25-37-71)62-83(110(7,8)9)64-91(106)78-44-28-42-75(56-78)69-32-20-16-21-33-69)99-66-85(112(13,14)15)67-100-105(99)113(93)94-53-51-86(114-95-54-49-73-40-30-46-87-88-47-31-41-74-50-55-96(114)104(102(74)88)103(95)101(73)87)68-98(94)116(100)107-90(72-38-26-19-27-39-72)63-84(111(10,11)12)65-92(107)79-45-29-43-76(57-79)70-34-22-17-23-35-70/h16-68H,1-15H3. The highest BCUT2D eigenvalue weighted by Gasteiger charge is 2.47. The Morgan fingerprint density at radius 1 is 0.224 bits per heavy atom. The number of hydrogen-bond acceptors (Lipinski definition) is 2. The van der Waals surface area contributed by atoms with E-state index in [2.05, 4.69) is 440 Å². The lowest BCUT2D eigenvalue weighted by Gasteiger charge is -2.47. The largest absolute Gasteiger partial charge is 0.310 e. The van der Waals surface area contributed by atoms with Crippen molar-refractivity contribution in [3.05, 3.63) is 349 Å². The first-order valence-electron chi connectivity index (χ1n) is 41.6. The van der Waals surface area contributed by atoms with Crippen LogP contribution in [-0.4, -0.2) is 11.3 Å². The summed E-state index contributed by atoms with van der Waals surface area (Å²) in [4.78, 5) is 5.56. The Kier molecular flexibility index (Phi) is 16.6. The molecule has 3 nitrogen and oxygen atoms in total. The smallest absolute Gasteiger partial charge is 0.252 e. The van der Waals surface area contributed by atoms with Crippen molar-refractivity contribution in [3.63, 3.8) is 0 Å². The summed E-state index contributed by atoms with van der Waals surface area (Å²) >= 11 is 0. The van der Waals surface area contributed by atoms with E-state index in [0.717, 1.165) is 73.2 Å². The van der Waals surface area contributed by atoms with Gasteiger partial charge in [0.05, 0.1) is 22.4 Å². The molecule has 0 aliphatic carbocycles. The van der Waals surface area contributed by atoms with Gasteiger partial charge < -0.3 is 14.4 Å². The second-order valence-electron chi connectivity index (χ2n) is 38.1. The van der Waals surface area contributed by atoms with Crippen molar-refractivity contribution in [2.75, 3.05) is 9.80 Å². The highest BCUT2D eigenvalue weighted by Crippen LogP contribution is 2.57. The van der Waals surface area contributed by atoms with Crippen molar-refractivity contribution in [3.8, 4) is 83.6 Å². The molecule has 0 fully saturated rings. The molecule has 1 aromatic heterocycles. The SMILES string of the molecule is CC(C)(C)c1cc(-c2ccc3c(c2)N(c2c(-c4ccccc4)cc(C(C)(C)C)cc2-c2cccc(-c4ccccc4)c2)c2cc(C(C)(C)C)cc4c2B3c2ccc(-n3c5ccc6cccc7c8cccc9ccc3c(c98)c5c67)cc2N4c2c(-c3ccccc3)cc(C(C)(C)C)cc2-c2cccc(-c3ccccc3)c2)cc(C(C)(C)C)c1. The van der Waals surface area contributed by atoms with Crippen LogP contribution in [0, 0.1) is 0 Å². The van der Waals surface area contributed by atoms with E-state index in [4.69, 9.17) is 0 Å². The molecule has 0 amide bonds. The molecule has 2 aliphatic rings. The van der Waals surface area contributed by atoms with Crippen molar-refractivity contribution < 1.29 is 0 Å². The molecule has 4 heteroatoms. The van der Waals surface area contributed by atoms with Crippen LogP contribution in [0.3, 0.4) is 0 Å². The minimum Gasteiger partial charge on any atom is -0.310 e. The number of benzene rings is 17. The molecule has 0 saturated heterocycles. The third-order valence-corrected chi connectivity index (χ3v) is 25.4. The summed E-state index contributed by atoms with van der Waals surface area (Å²) in [6, 6.07) is 125. The Bertz CT molecular complexity index is 6810. The molecule has 0 atom stereocenters. The van der Waals surface area contributed by atoms with E-state index in [1.54, 1.807) is 0 Å². The first kappa shape index (κ1) is 72.5. The van der Waals surface area contributed by atoms with Crippen molar-refractivity contribution in [2.45, 2.75) is 131 Å². The zero-order chi connectivity index (χ0) is 79.8. The topological polar surface area (TPSA) is 11.4 Å². The van der Waals surface area contributed by atoms with Crippen LogP contribution in [0.2, 0.25) is 0 Å². The third kappa shape index (κ3) is 11.9. The van der Waals surface area contributed by atoms with Crippen LogP contribution in [0.25, 0.3) is 138 Å². The lowest BCUT2D eigenvalue weighted by molar-refractivity contribution is 0.569. The maximum Gasteiger partial charge on any atom is 0.252 e. The lowest BCUT2D eigenvalue weighted by Crippen LogP contribution is -2.61. The molecular weight excluding hydrogens is 1400 g/mol. The van der Waals surface area contributed by atoms with Gasteiger partial charge in [-0.25, -0.2) is 0 Å². The van der Waals surface area contributed by atoms with E-state index >= 15 is 0 Å². The van der Waals surface area contributed by atoms with E-state index in [1.165, 1.54) is 143 Å². The Morgan fingerprint density at radius 3 is 0.991 bits per heavy atom. The predicted molar refractivity (Wildman–Crippen MR) is 501 cm³/mol. The summed E-state index contributed by atoms with van der Waals surface area (Å²) < 4.78 is 2.61. The van der Waals surface area contributed by atoms with Gasteiger partial charge in [0.1, 0.15) is 0 Å². The van der Waals surface area contributed by atoms with Gasteiger partial charge in [-0.05, 0) is 238 Å². The second kappa shape index (κ2) is 26.5. The average molecular weight is 1500 g/mol. The van der Waals surface area contributed by atoms with Gasteiger partial charge >= 0.3 is 0 Å². The molecule has 0 spiro atoms. The molecule has 18 aromatic rings. The fourth-order valence-electron chi connectivity index (χ4n) is 19.1. The van der Waals surface area contributed by atoms with E-state index in [9.17, 15) is 0 Å². The van der Waals surface area contributed by atoms with Gasteiger partial charge in [0.25, 0.3) is 6.71 Å². The summed E-state index contributed by atoms with van der Waals surface area (Å²) in [5, 5.41) is 10.4. The van der Waals surface area contributed by atoms with Crippen LogP contribution in [0.15, 0.2) is 322 Å². The molecule has 564 valence electrons. The third-order valence-electron chi connectivity index (χ3n) is 25.4. The fourth-order valence-corrected chi connectivity index (χ4v) is 19.1. The van der Waals surface area contributed by atoms with E-state index in [-0.39, 0.29) is 33.8 Å². The van der Waals surface area contributed by atoms with Crippen molar-refractivity contribution in [1.29, 1.82) is 0 Å². The zero-order valence-electron chi connectivity index (χ0n) is 69.5. The van der Waals surface area contributed by atoms with Crippen LogP contribution in [0.1, 0.15) is 132 Å². The molecule has 0 unspecified atom stereocenters. The monoisotopic (exact) mass is 1500 g/mol. The van der Waals surface area contributed by atoms with Gasteiger partial charge in [0, 0.05) is 61.5 Å². The molecule has 20 rings (SSSR count). The maximum absolute atomic E-state index is 2.78. The highest BCUT2D eigenvalue weighted by molar-refractivity contribution is 7.00. The maximum atomic E-state index is 2.78. The predicted octanol–water partition coefficient (Wildman–Crippen LogP) is 29.4. The zero-order valence-corrected chi connectivity index (χ0v) is 69.5. The minimum atomic E-state index is -0.367. The van der Waals surface area contributed by atoms with Crippen molar-refractivity contribution in [1.82, 2.24) is 4.57 Å². The normalized spacial score (nSPS) is 13.2. The van der Waals surface area contributed by atoms with E-state index in [1.807, 2.05) is 0 Å². The molecule has 3 heterocycles. The number of nitrogens with zero attached hydrogens (tertiary/aromatic N) is 3. The molecule has 116 heavy (non-hydrogen) atoms. The quantitative estimate of drug-likeness (QED) is 0.0768. The van der Waals surface area contributed by atoms with Crippen LogP contribution in [0.4, 0.5) is 34.1 Å². The Morgan fingerprint density at radius 2 is 0.569 bits per heavy atom. The molecule has 2 aliphatic heterocycles. The highest BCUT2D eigenvalue weighted by atomic mass is 15.2. The van der Waals surface area contributed by atoms with Gasteiger partial charge in [-0.2, -0.15) is 0 Å².